The molecule has 2 atom stereocenters. The fraction of sp³-hybridized carbons (Fsp3) is 0.135. The van der Waals surface area contributed by atoms with Crippen molar-refractivity contribution in [1.29, 1.82) is 0 Å². The Bertz CT molecular complexity index is 1680. The number of rotatable bonds is 12. The quantitative estimate of drug-likeness (QED) is 0.144. The molecule has 6 aromatic rings. The lowest BCUT2D eigenvalue weighted by Crippen LogP contribution is -2.20. The molecule has 0 saturated heterocycles. The highest BCUT2D eigenvalue weighted by Crippen LogP contribution is 2.31. The molecule has 0 aliphatic heterocycles. The summed E-state index contributed by atoms with van der Waals surface area (Å²) >= 11 is 0. The maximum atomic E-state index is 10.2. The van der Waals surface area contributed by atoms with Crippen molar-refractivity contribution in [2.45, 2.75) is 12.2 Å². The first-order chi connectivity index (χ1) is 21.1. The van der Waals surface area contributed by atoms with Gasteiger partial charge in [0.2, 0.25) is 0 Å². The highest BCUT2D eigenvalue weighted by molar-refractivity contribution is 5.83. The normalized spacial score (nSPS) is 12.7. The lowest BCUT2D eigenvalue weighted by molar-refractivity contribution is -0.135. The molecular formula is C37H32O6. The first kappa shape index (κ1) is 28.1. The van der Waals surface area contributed by atoms with Crippen molar-refractivity contribution in [2.75, 3.05) is 20.0 Å². The summed E-state index contributed by atoms with van der Waals surface area (Å²) in [7, 11) is 0. The van der Waals surface area contributed by atoms with Gasteiger partial charge in [0.05, 0.1) is 0 Å². The fourth-order valence-corrected chi connectivity index (χ4v) is 4.99. The zero-order chi connectivity index (χ0) is 29.4. The van der Waals surface area contributed by atoms with E-state index in [1.54, 1.807) is 36.4 Å². The van der Waals surface area contributed by atoms with Gasteiger partial charge in [0.25, 0.3) is 0 Å². The number of benzene rings is 6. The van der Waals surface area contributed by atoms with Gasteiger partial charge in [-0.15, -0.1) is 0 Å². The summed E-state index contributed by atoms with van der Waals surface area (Å²) in [6.07, 6.45) is -0.971. The molecule has 6 nitrogen and oxygen atoms in total. The summed E-state index contributed by atoms with van der Waals surface area (Å²) in [5.41, 5.74) is 1.84. The van der Waals surface area contributed by atoms with Crippen LogP contribution in [-0.2, 0) is 9.47 Å². The number of hydrogen-bond donors (Lipinski definition) is 2. The van der Waals surface area contributed by atoms with E-state index < -0.39 is 12.2 Å². The summed E-state index contributed by atoms with van der Waals surface area (Å²) < 4.78 is 24.6. The van der Waals surface area contributed by atoms with Gasteiger partial charge in [-0.3, -0.25) is 0 Å². The summed E-state index contributed by atoms with van der Waals surface area (Å²) in [4.78, 5) is 0. The molecule has 0 fully saturated rings. The second kappa shape index (κ2) is 13.3. The minimum atomic E-state index is -0.486. The third-order valence-electron chi connectivity index (χ3n) is 7.34. The minimum absolute atomic E-state index is 0.0523. The number of hydrogen-bond acceptors (Lipinski definition) is 6. The van der Waals surface area contributed by atoms with Crippen molar-refractivity contribution in [1.82, 2.24) is 0 Å². The Morgan fingerprint density at radius 1 is 0.442 bits per heavy atom. The molecule has 0 aliphatic carbocycles. The smallest absolute Gasteiger partial charge is 0.161 e. The van der Waals surface area contributed by atoms with Crippen LogP contribution in [0.15, 0.2) is 133 Å². The SMILES string of the molecule is Oc1ccccc1OCC(OCOC(COc1ccccc1O)c1ccc2ccccc2c1)c1ccc2ccccc2c1. The van der Waals surface area contributed by atoms with Gasteiger partial charge in [0, 0.05) is 0 Å². The standard InChI is InChI=1S/C37H32O6/c38-32-13-5-7-15-34(32)40-23-36(30-19-17-26-9-1-3-11-28(26)21-30)42-25-43-37(24-41-35-16-8-6-14-33(35)39)31-20-18-27-10-2-4-12-29(27)22-31/h1-22,36-39H,23-25H2. The number of para-hydroxylation sites is 4. The van der Waals surface area contributed by atoms with Gasteiger partial charge in [-0.2, -0.15) is 0 Å². The molecule has 0 saturated carbocycles. The van der Waals surface area contributed by atoms with Crippen molar-refractivity contribution in [3.63, 3.8) is 0 Å². The highest BCUT2D eigenvalue weighted by Gasteiger charge is 2.19. The Morgan fingerprint density at radius 3 is 1.28 bits per heavy atom. The average molecular weight is 573 g/mol. The average Bonchev–Trinajstić information content (AvgIpc) is 3.05. The predicted octanol–water partition coefficient (Wildman–Crippen LogP) is 8.34. The van der Waals surface area contributed by atoms with Crippen molar-refractivity contribution >= 4 is 21.5 Å². The zero-order valence-corrected chi connectivity index (χ0v) is 23.5. The minimum Gasteiger partial charge on any atom is -0.504 e. The molecular weight excluding hydrogens is 540 g/mol. The van der Waals surface area contributed by atoms with Gasteiger partial charge in [-0.25, -0.2) is 0 Å². The second-order valence-corrected chi connectivity index (χ2v) is 10.2. The van der Waals surface area contributed by atoms with Gasteiger partial charge in [0.1, 0.15) is 32.2 Å². The van der Waals surface area contributed by atoms with Crippen LogP contribution in [0.4, 0.5) is 0 Å². The molecule has 0 amide bonds. The molecule has 0 radical (unpaired) electrons. The van der Waals surface area contributed by atoms with Gasteiger partial charge in [-0.05, 0) is 69.1 Å². The van der Waals surface area contributed by atoms with Crippen molar-refractivity contribution < 1.29 is 29.2 Å². The predicted molar refractivity (Wildman–Crippen MR) is 168 cm³/mol. The molecule has 0 bridgehead atoms. The Hall–Kier alpha value is -5.04. The molecule has 6 rings (SSSR count). The molecule has 6 aromatic carbocycles. The van der Waals surface area contributed by atoms with Gasteiger partial charge in [0.15, 0.2) is 23.0 Å². The van der Waals surface area contributed by atoms with E-state index in [0.29, 0.717) is 11.5 Å². The van der Waals surface area contributed by atoms with Crippen molar-refractivity contribution in [3.8, 4) is 23.0 Å². The second-order valence-electron chi connectivity index (χ2n) is 10.2. The topological polar surface area (TPSA) is 77.4 Å². The number of phenols is 2. The van der Waals surface area contributed by atoms with E-state index >= 15 is 0 Å². The van der Waals surface area contributed by atoms with Crippen molar-refractivity contribution in [3.05, 3.63) is 145 Å². The number of ether oxygens (including phenoxy) is 4. The third-order valence-corrected chi connectivity index (χ3v) is 7.34. The largest absolute Gasteiger partial charge is 0.504 e. The Kier molecular flexibility index (Phi) is 8.69. The monoisotopic (exact) mass is 572 g/mol. The van der Waals surface area contributed by atoms with Crippen LogP contribution in [0.3, 0.4) is 0 Å². The summed E-state index contributed by atoms with van der Waals surface area (Å²) in [5.74, 6) is 0.883. The number of phenolic OH excluding ortho intramolecular Hbond substituents is 2. The fourth-order valence-electron chi connectivity index (χ4n) is 4.99. The van der Waals surface area contributed by atoms with E-state index in [2.05, 4.69) is 48.5 Å². The van der Waals surface area contributed by atoms with Crippen LogP contribution in [0.1, 0.15) is 23.3 Å². The molecule has 0 spiro atoms. The first-order valence-electron chi connectivity index (χ1n) is 14.2. The zero-order valence-electron chi connectivity index (χ0n) is 23.5. The molecule has 0 aromatic heterocycles. The summed E-state index contributed by atoms with van der Waals surface area (Å²) in [6.45, 7) is 0.270. The molecule has 2 unspecified atom stereocenters. The first-order valence-corrected chi connectivity index (χ1v) is 14.2. The van der Waals surface area contributed by atoms with E-state index in [1.807, 2.05) is 48.5 Å². The number of fused-ring (bicyclic) bond motifs is 2. The molecule has 43 heavy (non-hydrogen) atoms. The molecule has 2 N–H and O–H groups in total. The third kappa shape index (κ3) is 6.89. The lowest BCUT2D eigenvalue weighted by atomic mass is 10.0. The maximum absolute atomic E-state index is 10.2. The van der Waals surface area contributed by atoms with Crippen LogP contribution >= 0.6 is 0 Å². The highest BCUT2D eigenvalue weighted by atomic mass is 16.7. The van der Waals surface area contributed by atoms with E-state index in [0.717, 1.165) is 32.7 Å². The summed E-state index contributed by atoms with van der Waals surface area (Å²) in [5, 5.41) is 24.9. The van der Waals surface area contributed by atoms with Crippen molar-refractivity contribution in [2.24, 2.45) is 0 Å². The van der Waals surface area contributed by atoms with E-state index in [-0.39, 0.29) is 31.5 Å². The van der Waals surface area contributed by atoms with E-state index in [4.69, 9.17) is 18.9 Å². The van der Waals surface area contributed by atoms with E-state index in [1.165, 1.54) is 0 Å². The molecule has 0 aliphatic rings. The van der Waals surface area contributed by atoms with E-state index in [9.17, 15) is 10.2 Å². The van der Waals surface area contributed by atoms with Gasteiger partial charge >= 0.3 is 0 Å². The Labute approximate surface area is 250 Å². The van der Waals surface area contributed by atoms with Crippen LogP contribution < -0.4 is 9.47 Å². The van der Waals surface area contributed by atoms with Crippen LogP contribution in [0.25, 0.3) is 21.5 Å². The molecule has 0 heterocycles. The van der Waals surface area contributed by atoms with Crippen LogP contribution in [-0.4, -0.2) is 30.2 Å². The molecule has 216 valence electrons. The van der Waals surface area contributed by atoms with Crippen LogP contribution in [0.2, 0.25) is 0 Å². The Morgan fingerprint density at radius 2 is 0.837 bits per heavy atom. The van der Waals surface area contributed by atoms with Gasteiger partial charge < -0.3 is 29.2 Å². The Balaban J connectivity index is 1.22. The van der Waals surface area contributed by atoms with Gasteiger partial charge in [-0.1, -0.05) is 97.1 Å². The summed E-state index contributed by atoms with van der Waals surface area (Å²) in [6, 6.07) is 42.3. The molecule has 6 heteroatoms. The maximum Gasteiger partial charge on any atom is 0.161 e. The lowest BCUT2D eigenvalue weighted by Gasteiger charge is -2.23. The van der Waals surface area contributed by atoms with Crippen LogP contribution in [0, 0.1) is 0 Å². The van der Waals surface area contributed by atoms with Crippen LogP contribution in [0.5, 0.6) is 23.0 Å². The number of aromatic hydroxyl groups is 2.